The van der Waals surface area contributed by atoms with E-state index in [1.54, 1.807) is 0 Å². The van der Waals surface area contributed by atoms with Gasteiger partial charge >= 0.3 is 0 Å². The van der Waals surface area contributed by atoms with Gasteiger partial charge in [0.05, 0.1) is 11.9 Å². The molecule has 2 heterocycles. The van der Waals surface area contributed by atoms with Gasteiger partial charge in [-0.25, -0.2) is 8.42 Å². The van der Waals surface area contributed by atoms with Crippen molar-refractivity contribution >= 4 is 32.7 Å². The second-order valence-corrected chi connectivity index (χ2v) is 7.59. The minimum atomic E-state index is -3.41. The van der Waals surface area contributed by atoms with Crippen LogP contribution in [0.15, 0.2) is 60.7 Å². The van der Waals surface area contributed by atoms with Crippen LogP contribution in [0.25, 0.3) is 17.0 Å². The van der Waals surface area contributed by atoms with Crippen molar-refractivity contribution in [3.8, 4) is 0 Å². The van der Waals surface area contributed by atoms with E-state index in [9.17, 15) is 8.42 Å². The number of fused-ring (bicyclic) bond motifs is 2. The van der Waals surface area contributed by atoms with Crippen molar-refractivity contribution in [1.82, 2.24) is 4.98 Å². The van der Waals surface area contributed by atoms with Crippen LogP contribution in [0.1, 0.15) is 17.3 Å². The molecule has 0 radical (unpaired) electrons. The molecule has 0 saturated carbocycles. The van der Waals surface area contributed by atoms with E-state index in [0.717, 1.165) is 22.2 Å². The van der Waals surface area contributed by atoms with Gasteiger partial charge in [0.2, 0.25) is 10.0 Å². The molecule has 0 aliphatic carbocycles. The number of nitrogens with one attached hydrogen (secondary N) is 1. The summed E-state index contributed by atoms with van der Waals surface area (Å²) >= 11 is 0. The van der Waals surface area contributed by atoms with Gasteiger partial charge in [-0.2, -0.15) is 0 Å². The van der Waals surface area contributed by atoms with Crippen LogP contribution < -0.4 is 4.31 Å². The summed E-state index contributed by atoms with van der Waals surface area (Å²) in [5.74, 6) is 0. The van der Waals surface area contributed by atoms with E-state index in [1.165, 1.54) is 10.6 Å². The number of hydrogen-bond acceptors (Lipinski definition) is 2. The number of nitrogens with zero attached hydrogens (tertiary/aromatic N) is 1. The third kappa shape index (κ3) is 2.33. The SMILES string of the molecule is CS(=O)(=O)N1c2ccccc2C=CC1c1cc2ccccc2[nH]1. The van der Waals surface area contributed by atoms with Gasteiger partial charge in [0.25, 0.3) is 0 Å². The van der Waals surface area contributed by atoms with Crippen molar-refractivity contribution in [3.05, 3.63) is 71.9 Å². The van der Waals surface area contributed by atoms with Crippen molar-refractivity contribution in [2.45, 2.75) is 6.04 Å². The number of rotatable bonds is 2. The Morgan fingerprint density at radius 3 is 2.57 bits per heavy atom. The lowest BCUT2D eigenvalue weighted by Crippen LogP contribution is -2.35. The van der Waals surface area contributed by atoms with Crippen LogP contribution in [0.2, 0.25) is 0 Å². The molecule has 23 heavy (non-hydrogen) atoms. The average Bonchev–Trinajstić information content (AvgIpc) is 2.96. The van der Waals surface area contributed by atoms with Gasteiger partial charge in [-0.3, -0.25) is 4.31 Å². The first-order chi connectivity index (χ1) is 11.0. The normalized spacial score (nSPS) is 17.4. The second-order valence-electron chi connectivity index (χ2n) is 5.73. The zero-order valence-corrected chi connectivity index (χ0v) is 13.4. The summed E-state index contributed by atoms with van der Waals surface area (Å²) in [4.78, 5) is 3.34. The lowest BCUT2D eigenvalue weighted by molar-refractivity contribution is 0.591. The van der Waals surface area contributed by atoms with Crippen molar-refractivity contribution in [1.29, 1.82) is 0 Å². The fourth-order valence-corrected chi connectivity index (χ4v) is 4.24. The molecule has 0 amide bonds. The number of H-pyrrole nitrogens is 1. The predicted molar refractivity (Wildman–Crippen MR) is 93.8 cm³/mol. The maximum Gasteiger partial charge on any atom is 0.233 e. The highest BCUT2D eigenvalue weighted by Gasteiger charge is 2.31. The predicted octanol–water partition coefficient (Wildman–Crippen LogP) is 3.70. The summed E-state index contributed by atoms with van der Waals surface area (Å²) in [6, 6.07) is 17.1. The van der Waals surface area contributed by atoms with Gasteiger partial charge in [0.1, 0.15) is 6.04 Å². The summed E-state index contributed by atoms with van der Waals surface area (Å²) in [6.45, 7) is 0. The molecule has 3 aromatic rings. The smallest absolute Gasteiger partial charge is 0.233 e. The van der Waals surface area contributed by atoms with Crippen LogP contribution in [-0.4, -0.2) is 19.7 Å². The first-order valence-electron chi connectivity index (χ1n) is 7.38. The van der Waals surface area contributed by atoms with Crippen LogP contribution in [0.3, 0.4) is 0 Å². The summed E-state index contributed by atoms with van der Waals surface area (Å²) in [6.07, 6.45) is 5.15. The Morgan fingerprint density at radius 2 is 1.78 bits per heavy atom. The summed E-state index contributed by atoms with van der Waals surface area (Å²) in [5.41, 5.74) is 3.48. The van der Waals surface area contributed by atoms with E-state index in [0.29, 0.717) is 5.69 Å². The molecule has 1 aromatic heterocycles. The van der Waals surface area contributed by atoms with Gasteiger partial charge in [-0.05, 0) is 29.1 Å². The third-order valence-corrected chi connectivity index (χ3v) is 5.25. The van der Waals surface area contributed by atoms with Gasteiger partial charge in [0, 0.05) is 11.2 Å². The van der Waals surface area contributed by atoms with E-state index in [4.69, 9.17) is 0 Å². The van der Waals surface area contributed by atoms with Crippen LogP contribution in [0.4, 0.5) is 5.69 Å². The van der Waals surface area contributed by atoms with Gasteiger partial charge < -0.3 is 4.98 Å². The molecule has 1 N–H and O–H groups in total. The first kappa shape index (κ1) is 14.1. The standard InChI is InChI=1S/C18H16N2O2S/c1-23(21,22)20-17-9-5-3-6-13(17)10-11-18(20)16-12-14-7-2-4-8-15(14)19-16/h2-12,18-19H,1H3. The molecule has 0 bridgehead atoms. The minimum Gasteiger partial charge on any atom is -0.356 e. The number of aromatic nitrogens is 1. The lowest BCUT2D eigenvalue weighted by atomic mass is 10.0. The molecular formula is C18H16N2O2S. The van der Waals surface area contributed by atoms with Gasteiger partial charge in [-0.15, -0.1) is 0 Å². The maximum atomic E-state index is 12.4. The van der Waals surface area contributed by atoms with E-state index in [-0.39, 0.29) is 6.04 Å². The molecule has 2 aromatic carbocycles. The lowest BCUT2D eigenvalue weighted by Gasteiger charge is -2.33. The zero-order valence-electron chi connectivity index (χ0n) is 12.6. The van der Waals surface area contributed by atoms with E-state index >= 15 is 0 Å². The van der Waals surface area contributed by atoms with Gasteiger partial charge in [-0.1, -0.05) is 48.6 Å². The average molecular weight is 324 g/mol. The van der Waals surface area contributed by atoms with Crippen LogP contribution in [0.5, 0.6) is 0 Å². The van der Waals surface area contributed by atoms with Crippen molar-refractivity contribution in [2.75, 3.05) is 10.6 Å². The first-order valence-corrected chi connectivity index (χ1v) is 9.23. The Labute approximate surface area is 135 Å². The monoisotopic (exact) mass is 324 g/mol. The fourth-order valence-electron chi connectivity index (χ4n) is 3.12. The number of anilines is 1. The number of para-hydroxylation sites is 2. The molecule has 4 rings (SSSR count). The van der Waals surface area contributed by atoms with Crippen LogP contribution >= 0.6 is 0 Å². The van der Waals surface area contributed by atoms with Crippen LogP contribution in [-0.2, 0) is 10.0 Å². The second kappa shape index (κ2) is 4.99. The summed E-state index contributed by atoms with van der Waals surface area (Å²) in [7, 11) is -3.41. The molecule has 1 atom stereocenters. The Hall–Kier alpha value is -2.53. The number of sulfonamides is 1. The summed E-state index contributed by atoms with van der Waals surface area (Å²) in [5, 5.41) is 1.07. The quantitative estimate of drug-likeness (QED) is 0.781. The van der Waals surface area contributed by atoms with Crippen molar-refractivity contribution in [3.63, 3.8) is 0 Å². The maximum absolute atomic E-state index is 12.4. The highest BCUT2D eigenvalue weighted by molar-refractivity contribution is 7.92. The topological polar surface area (TPSA) is 53.2 Å². The van der Waals surface area contributed by atoms with Crippen LogP contribution in [0, 0.1) is 0 Å². The molecule has 0 saturated heterocycles. The van der Waals surface area contributed by atoms with E-state index in [1.807, 2.05) is 66.7 Å². The Kier molecular flexibility index (Phi) is 3.06. The molecule has 5 heteroatoms. The zero-order chi connectivity index (χ0) is 16.0. The molecular weight excluding hydrogens is 308 g/mol. The third-order valence-electron chi connectivity index (χ3n) is 4.11. The summed E-state index contributed by atoms with van der Waals surface area (Å²) < 4.78 is 26.3. The molecule has 0 spiro atoms. The Morgan fingerprint density at radius 1 is 1.04 bits per heavy atom. The molecule has 0 fully saturated rings. The number of aromatic amines is 1. The molecule has 1 aliphatic heterocycles. The largest absolute Gasteiger partial charge is 0.356 e. The Balaban J connectivity index is 1.91. The highest BCUT2D eigenvalue weighted by Crippen LogP contribution is 2.38. The highest BCUT2D eigenvalue weighted by atomic mass is 32.2. The number of hydrogen-bond donors (Lipinski definition) is 1. The van der Waals surface area contributed by atoms with Crippen molar-refractivity contribution in [2.24, 2.45) is 0 Å². The van der Waals surface area contributed by atoms with Crippen molar-refractivity contribution < 1.29 is 8.42 Å². The van der Waals surface area contributed by atoms with E-state index in [2.05, 4.69) is 4.98 Å². The fraction of sp³-hybridized carbons (Fsp3) is 0.111. The molecule has 116 valence electrons. The molecule has 4 nitrogen and oxygen atoms in total. The number of benzene rings is 2. The Bertz CT molecular complexity index is 985. The molecule has 1 aliphatic rings. The molecule has 1 unspecified atom stereocenters. The minimum absolute atomic E-state index is 0.368. The van der Waals surface area contributed by atoms with Gasteiger partial charge in [0.15, 0.2) is 0 Å². The van der Waals surface area contributed by atoms with E-state index < -0.39 is 10.0 Å².